The molecule has 0 bridgehead atoms. The van der Waals surface area contributed by atoms with Crippen LogP contribution in [-0.4, -0.2) is 14.8 Å². The first-order chi connectivity index (χ1) is 5.27. The predicted octanol–water partition coefficient (Wildman–Crippen LogP) is 0.335. The number of anilines is 1. The zero-order valence-corrected chi connectivity index (χ0v) is 6.23. The van der Waals surface area contributed by atoms with E-state index in [2.05, 4.69) is 16.2 Å². The summed E-state index contributed by atoms with van der Waals surface area (Å²) in [5, 5.41) is 12.4. The highest BCUT2D eigenvalue weighted by molar-refractivity contribution is 5.10. The molecule has 1 aromatic rings. The maximum atomic E-state index is 8.61. The molecule has 0 saturated heterocycles. The number of hydrogen-bond acceptors (Lipinski definition) is 4. The molecule has 1 unspecified atom stereocenters. The lowest BCUT2D eigenvalue weighted by molar-refractivity contribution is 0.534. The van der Waals surface area contributed by atoms with E-state index < -0.39 is 0 Å². The summed E-state index contributed by atoms with van der Waals surface area (Å²) in [6.45, 7) is 1.91. The highest BCUT2D eigenvalue weighted by Gasteiger charge is 2.07. The van der Waals surface area contributed by atoms with Crippen molar-refractivity contribution in [3.63, 3.8) is 0 Å². The average Bonchev–Trinajstić information content (AvgIpc) is 2.39. The third-order valence-electron chi connectivity index (χ3n) is 1.38. The van der Waals surface area contributed by atoms with Gasteiger partial charge in [0.1, 0.15) is 12.4 Å². The summed E-state index contributed by atoms with van der Waals surface area (Å²) in [7, 11) is 0. The van der Waals surface area contributed by atoms with Crippen LogP contribution in [0, 0.1) is 11.3 Å². The monoisotopic (exact) mass is 151 g/mol. The minimum Gasteiger partial charge on any atom is -0.367 e. The fraction of sp³-hybridized carbons (Fsp3) is 0.500. The van der Waals surface area contributed by atoms with Gasteiger partial charge in [-0.15, -0.1) is 5.10 Å². The molecule has 0 amide bonds. The van der Waals surface area contributed by atoms with Crippen molar-refractivity contribution in [2.45, 2.75) is 19.4 Å². The summed E-state index contributed by atoms with van der Waals surface area (Å²) >= 11 is 0. The van der Waals surface area contributed by atoms with E-state index in [0.717, 1.165) is 0 Å². The Balaban J connectivity index is 2.84. The molecule has 1 heterocycles. The van der Waals surface area contributed by atoms with E-state index in [0.29, 0.717) is 6.42 Å². The summed E-state index contributed by atoms with van der Waals surface area (Å²) in [6.07, 6.45) is 2.17. The average molecular weight is 151 g/mol. The van der Waals surface area contributed by atoms with Crippen molar-refractivity contribution in [1.82, 2.24) is 14.8 Å². The van der Waals surface area contributed by atoms with Crippen molar-refractivity contribution in [3.05, 3.63) is 6.33 Å². The third-order valence-corrected chi connectivity index (χ3v) is 1.38. The fourth-order valence-electron chi connectivity index (χ4n) is 0.776. The van der Waals surface area contributed by atoms with Gasteiger partial charge in [-0.3, -0.25) is 0 Å². The molecular formula is C6H9N5. The SMILES string of the molecule is CCC(C#N)n1cnc(N)n1. The maximum absolute atomic E-state index is 8.61. The zero-order chi connectivity index (χ0) is 8.27. The van der Waals surface area contributed by atoms with Gasteiger partial charge in [-0.1, -0.05) is 6.92 Å². The molecule has 1 aromatic heterocycles. The van der Waals surface area contributed by atoms with Crippen molar-refractivity contribution in [2.75, 3.05) is 5.73 Å². The molecule has 0 fully saturated rings. The van der Waals surface area contributed by atoms with Gasteiger partial charge in [0.2, 0.25) is 5.95 Å². The van der Waals surface area contributed by atoms with Crippen LogP contribution in [0.25, 0.3) is 0 Å². The van der Waals surface area contributed by atoms with E-state index in [4.69, 9.17) is 11.0 Å². The highest BCUT2D eigenvalue weighted by Crippen LogP contribution is 2.07. The number of nitriles is 1. The summed E-state index contributed by atoms with van der Waals surface area (Å²) < 4.78 is 1.47. The van der Waals surface area contributed by atoms with Crippen LogP contribution < -0.4 is 5.73 Å². The Kier molecular flexibility index (Phi) is 2.06. The lowest BCUT2D eigenvalue weighted by Crippen LogP contribution is -2.06. The fourth-order valence-corrected chi connectivity index (χ4v) is 0.776. The van der Waals surface area contributed by atoms with E-state index in [9.17, 15) is 0 Å². The summed E-state index contributed by atoms with van der Waals surface area (Å²) in [4.78, 5) is 3.71. The van der Waals surface area contributed by atoms with E-state index in [1.165, 1.54) is 11.0 Å². The molecule has 0 aliphatic rings. The standard InChI is InChI=1S/C6H9N5/c1-2-5(3-7)11-4-9-6(8)10-11/h4-5H,2H2,1H3,(H2,8,10). The van der Waals surface area contributed by atoms with Crippen LogP contribution in [0.4, 0.5) is 5.95 Å². The van der Waals surface area contributed by atoms with Gasteiger partial charge in [-0.05, 0) is 6.42 Å². The largest absolute Gasteiger partial charge is 0.367 e. The van der Waals surface area contributed by atoms with Gasteiger partial charge in [0.25, 0.3) is 0 Å². The first kappa shape index (κ1) is 7.54. The molecule has 0 aromatic carbocycles. The number of nitrogens with zero attached hydrogens (tertiary/aromatic N) is 4. The number of aromatic nitrogens is 3. The van der Waals surface area contributed by atoms with Crippen LogP contribution in [0.3, 0.4) is 0 Å². The zero-order valence-electron chi connectivity index (χ0n) is 6.23. The number of rotatable bonds is 2. The topological polar surface area (TPSA) is 80.5 Å². The molecule has 0 aliphatic heterocycles. The Hall–Kier alpha value is -1.57. The Labute approximate surface area is 64.5 Å². The molecule has 58 valence electrons. The first-order valence-corrected chi connectivity index (χ1v) is 3.34. The molecule has 0 spiro atoms. The maximum Gasteiger partial charge on any atom is 0.239 e. The van der Waals surface area contributed by atoms with Crippen molar-refractivity contribution in [2.24, 2.45) is 0 Å². The lowest BCUT2D eigenvalue weighted by Gasteiger charge is -2.02. The third kappa shape index (κ3) is 1.46. The first-order valence-electron chi connectivity index (χ1n) is 3.34. The minimum atomic E-state index is -0.250. The predicted molar refractivity (Wildman–Crippen MR) is 39.4 cm³/mol. The smallest absolute Gasteiger partial charge is 0.239 e. The number of nitrogen functional groups attached to an aromatic ring is 1. The lowest BCUT2D eigenvalue weighted by atomic mass is 10.3. The van der Waals surface area contributed by atoms with Gasteiger partial charge in [-0.2, -0.15) is 5.26 Å². The van der Waals surface area contributed by atoms with Gasteiger partial charge in [0, 0.05) is 0 Å². The molecule has 5 nitrogen and oxygen atoms in total. The molecule has 1 atom stereocenters. The van der Waals surface area contributed by atoms with Gasteiger partial charge >= 0.3 is 0 Å². The van der Waals surface area contributed by atoms with E-state index in [1.54, 1.807) is 0 Å². The van der Waals surface area contributed by atoms with Crippen LogP contribution in [0.2, 0.25) is 0 Å². The Morgan fingerprint density at radius 1 is 1.91 bits per heavy atom. The highest BCUT2D eigenvalue weighted by atomic mass is 15.4. The number of nitrogens with two attached hydrogens (primary N) is 1. The van der Waals surface area contributed by atoms with Crippen LogP contribution in [0.15, 0.2) is 6.33 Å². The van der Waals surface area contributed by atoms with Crippen molar-refractivity contribution in [1.29, 1.82) is 5.26 Å². The van der Waals surface area contributed by atoms with E-state index in [-0.39, 0.29) is 12.0 Å². The molecule has 5 heteroatoms. The second kappa shape index (κ2) is 3.01. The van der Waals surface area contributed by atoms with Gasteiger partial charge in [0.05, 0.1) is 6.07 Å². The quantitative estimate of drug-likeness (QED) is 0.660. The van der Waals surface area contributed by atoms with Gasteiger partial charge < -0.3 is 5.73 Å². The molecule has 0 aliphatic carbocycles. The van der Waals surface area contributed by atoms with Crippen molar-refractivity contribution in [3.8, 4) is 6.07 Å². The second-order valence-electron chi connectivity index (χ2n) is 2.14. The Bertz CT molecular complexity index is 271. The van der Waals surface area contributed by atoms with Crippen molar-refractivity contribution >= 4 is 5.95 Å². The summed E-state index contributed by atoms with van der Waals surface area (Å²) in [5.74, 6) is 0.207. The summed E-state index contributed by atoms with van der Waals surface area (Å²) in [6, 6.07) is 1.84. The van der Waals surface area contributed by atoms with Crippen LogP contribution in [0.5, 0.6) is 0 Å². The molecule has 11 heavy (non-hydrogen) atoms. The molecular weight excluding hydrogens is 142 g/mol. The van der Waals surface area contributed by atoms with E-state index in [1.807, 2.05) is 6.92 Å². The number of hydrogen-bond donors (Lipinski definition) is 1. The summed E-state index contributed by atoms with van der Waals surface area (Å²) in [5.41, 5.74) is 5.27. The van der Waals surface area contributed by atoms with Crippen molar-refractivity contribution < 1.29 is 0 Å². The Morgan fingerprint density at radius 2 is 2.64 bits per heavy atom. The molecule has 0 saturated carbocycles. The molecule has 1 rings (SSSR count). The van der Waals surface area contributed by atoms with Gasteiger partial charge in [0.15, 0.2) is 0 Å². The second-order valence-corrected chi connectivity index (χ2v) is 2.14. The van der Waals surface area contributed by atoms with E-state index >= 15 is 0 Å². The van der Waals surface area contributed by atoms with Crippen LogP contribution in [0.1, 0.15) is 19.4 Å². The molecule has 2 N–H and O–H groups in total. The van der Waals surface area contributed by atoms with Crippen LogP contribution in [-0.2, 0) is 0 Å². The normalized spacial score (nSPS) is 12.4. The minimum absolute atomic E-state index is 0.207. The van der Waals surface area contributed by atoms with Gasteiger partial charge in [-0.25, -0.2) is 9.67 Å². The van der Waals surface area contributed by atoms with Crippen LogP contribution >= 0.6 is 0 Å². The Morgan fingerprint density at radius 3 is 3.00 bits per heavy atom. The molecule has 0 radical (unpaired) electrons.